The Bertz CT molecular complexity index is 1650. The summed E-state index contributed by atoms with van der Waals surface area (Å²) in [5.74, 6) is -1.12. The minimum atomic E-state index is -0.872. The molecule has 52 heavy (non-hydrogen) atoms. The number of aliphatic carboxylic acids is 2. The normalized spacial score (nSPS) is 10.6. The number of benzene rings is 4. The molecule has 0 aromatic heterocycles. The Kier molecular flexibility index (Phi) is 18.4. The topological polar surface area (TPSA) is 117 Å². The van der Waals surface area contributed by atoms with Gasteiger partial charge in [-0.15, -0.1) is 0 Å². The van der Waals surface area contributed by atoms with Crippen LogP contribution in [0.3, 0.4) is 0 Å². The third kappa shape index (κ3) is 13.6. The summed E-state index contributed by atoms with van der Waals surface area (Å²) < 4.78 is 27.5. The van der Waals surface area contributed by atoms with E-state index < -0.39 is 11.9 Å². The molecule has 4 aromatic carbocycles. The van der Waals surface area contributed by atoms with Crippen LogP contribution >= 0.6 is 66.7 Å². The summed E-state index contributed by atoms with van der Waals surface area (Å²) in [6.07, 6.45) is 2.76. The fraction of sp³-hybridized carbons (Fsp3) is 0.316. The van der Waals surface area contributed by atoms with Crippen molar-refractivity contribution in [2.24, 2.45) is 0 Å². The van der Waals surface area contributed by atoms with Gasteiger partial charge in [0.05, 0.1) is 35.4 Å². The van der Waals surface area contributed by atoms with E-state index in [1.807, 2.05) is 37.3 Å². The highest BCUT2D eigenvalue weighted by Crippen LogP contribution is 2.37. The number of carboxylic acids is 2. The summed E-state index contributed by atoms with van der Waals surface area (Å²) in [5.41, 5.74) is 4.22. The smallest absolute Gasteiger partial charge is 0.303 e. The molecule has 0 unspecified atom stereocenters. The van der Waals surface area contributed by atoms with E-state index in [0.717, 1.165) is 41.8 Å². The summed E-state index contributed by atoms with van der Waals surface area (Å²) in [6.45, 7) is 5.94. The number of ether oxygens (including phenoxy) is 2. The first-order chi connectivity index (χ1) is 24.8. The maximum absolute atomic E-state index is 14.5. The van der Waals surface area contributed by atoms with E-state index >= 15 is 0 Å². The van der Waals surface area contributed by atoms with Crippen LogP contribution in [0.2, 0.25) is 15.1 Å². The van der Waals surface area contributed by atoms with Crippen LogP contribution in [0, 0.1) is 5.82 Å². The maximum Gasteiger partial charge on any atom is 0.303 e. The summed E-state index contributed by atoms with van der Waals surface area (Å²) in [4.78, 5) is 21.4. The summed E-state index contributed by atoms with van der Waals surface area (Å²) in [5, 5.41) is 25.2. The summed E-state index contributed by atoms with van der Waals surface area (Å²) >= 11 is 25.8. The van der Waals surface area contributed by atoms with Crippen LogP contribution in [0.15, 0.2) is 69.6 Å². The van der Waals surface area contributed by atoms with Gasteiger partial charge in [-0.2, -0.15) is 0 Å². The number of aryl methyl sites for hydroxylation is 2. The maximum atomic E-state index is 14.5. The highest BCUT2D eigenvalue weighted by molar-refractivity contribution is 9.11. The van der Waals surface area contributed by atoms with Crippen molar-refractivity contribution in [2.75, 3.05) is 23.7 Å². The summed E-state index contributed by atoms with van der Waals surface area (Å²) in [7, 11) is 0. The van der Waals surface area contributed by atoms with Crippen molar-refractivity contribution in [1.82, 2.24) is 0 Å². The van der Waals surface area contributed by atoms with Gasteiger partial charge in [0.1, 0.15) is 19.0 Å². The van der Waals surface area contributed by atoms with E-state index in [0.29, 0.717) is 66.1 Å². The first kappa shape index (κ1) is 43.2. The summed E-state index contributed by atoms with van der Waals surface area (Å²) in [6, 6.07) is 17.9. The first-order valence-electron chi connectivity index (χ1n) is 16.5. The number of anilines is 2. The zero-order valence-corrected chi connectivity index (χ0v) is 34.1. The van der Waals surface area contributed by atoms with E-state index in [9.17, 15) is 14.0 Å². The number of halogens is 6. The van der Waals surface area contributed by atoms with E-state index in [-0.39, 0.29) is 31.9 Å². The molecule has 0 bridgehead atoms. The SMILES string of the molecule is CCCNc1cccc(COc2c(Br)cc(CCC(=O)O)cc2Br)c1F.CCCNc1cccc(COc2c(Cl)cc(CCC(=O)O)cc2Cl)c1Cl. The van der Waals surface area contributed by atoms with Crippen LogP contribution in [-0.2, 0) is 35.6 Å². The number of rotatable bonds is 18. The fourth-order valence-corrected chi connectivity index (χ4v) is 7.17. The van der Waals surface area contributed by atoms with Crippen molar-refractivity contribution >= 4 is 90.0 Å². The van der Waals surface area contributed by atoms with Crippen molar-refractivity contribution < 1.29 is 33.7 Å². The van der Waals surface area contributed by atoms with Gasteiger partial charge >= 0.3 is 11.9 Å². The van der Waals surface area contributed by atoms with Crippen LogP contribution in [0.4, 0.5) is 15.8 Å². The van der Waals surface area contributed by atoms with Crippen LogP contribution in [0.1, 0.15) is 61.8 Å². The molecule has 0 aliphatic rings. The van der Waals surface area contributed by atoms with Crippen molar-refractivity contribution in [3.05, 3.63) is 113 Å². The van der Waals surface area contributed by atoms with Gasteiger partial charge in [-0.1, -0.05) is 72.9 Å². The molecule has 0 saturated carbocycles. The third-order valence-electron chi connectivity index (χ3n) is 7.40. The molecule has 0 spiro atoms. The number of hydrogen-bond acceptors (Lipinski definition) is 6. The highest BCUT2D eigenvalue weighted by atomic mass is 79.9. The number of carboxylic acid groups (broad SMARTS) is 2. The van der Waals surface area contributed by atoms with E-state index in [1.54, 1.807) is 30.3 Å². The lowest BCUT2D eigenvalue weighted by Crippen LogP contribution is -2.06. The Hall–Kier alpha value is -3.22. The number of nitrogens with one attached hydrogen (secondary N) is 2. The van der Waals surface area contributed by atoms with Crippen molar-refractivity contribution in [3.63, 3.8) is 0 Å². The van der Waals surface area contributed by atoms with Gasteiger partial charge in [0.2, 0.25) is 0 Å². The minimum Gasteiger partial charge on any atom is -0.486 e. The highest BCUT2D eigenvalue weighted by Gasteiger charge is 2.15. The standard InChI is InChI=1S/C19H20Br2FNO3.C19H20Cl3NO3/c2*1-2-8-23-16-5-3-4-13(18(16)22)11-26-19-14(20)9-12(10-15(19)21)6-7-17(24)25/h2*3-5,9-10,23H,2,6-8,11H2,1H3,(H,24,25). The molecular weight excluding hydrogens is 866 g/mol. The lowest BCUT2D eigenvalue weighted by Gasteiger charge is -2.14. The monoisotopic (exact) mass is 902 g/mol. The van der Waals surface area contributed by atoms with Gasteiger partial charge in [-0.05, 0) is 105 Å². The number of carbonyl (C=O) groups is 2. The Balaban J connectivity index is 0.000000280. The van der Waals surface area contributed by atoms with E-state index in [4.69, 9.17) is 54.5 Å². The Labute approximate surface area is 335 Å². The van der Waals surface area contributed by atoms with Gasteiger partial charge in [-0.25, -0.2) is 4.39 Å². The predicted octanol–water partition coefficient (Wildman–Crippen LogP) is 11.8. The van der Waals surface area contributed by atoms with Crippen molar-refractivity contribution in [3.8, 4) is 11.5 Å². The molecule has 0 saturated heterocycles. The lowest BCUT2D eigenvalue weighted by molar-refractivity contribution is -0.138. The Morgan fingerprint density at radius 3 is 1.71 bits per heavy atom. The average molecular weight is 906 g/mol. The van der Waals surface area contributed by atoms with Gasteiger partial charge in [0.15, 0.2) is 11.6 Å². The molecule has 0 heterocycles. The Morgan fingerprint density at radius 1 is 0.712 bits per heavy atom. The molecule has 0 amide bonds. The van der Waals surface area contributed by atoms with Gasteiger partial charge in [0.25, 0.3) is 0 Å². The van der Waals surface area contributed by atoms with Crippen LogP contribution in [0.25, 0.3) is 0 Å². The second-order valence-electron chi connectivity index (χ2n) is 11.6. The second-order valence-corrected chi connectivity index (χ2v) is 14.5. The van der Waals surface area contributed by atoms with Gasteiger partial charge in [0, 0.05) is 37.1 Å². The Morgan fingerprint density at radius 2 is 1.17 bits per heavy atom. The molecule has 0 fully saturated rings. The van der Waals surface area contributed by atoms with Crippen molar-refractivity contribution in [2.45, 2.75) is 65.6 Å². The molecule has 0 atom stereocenters. The molecule has 0 aliphatic carbocycles. The van der Waals surface area contributed by atoms with Crippen LogP contribution in [0.5, 0.6) is 11.5 Å². The number of hydrogen-bond donors (Lipinski definition) is 4. The zero-order valence-electron chi connectivity index (χ0n) is 28.6. The van der Waals surface area contributed by atoms with Crippen molar-refractivity contribution in [1.29, 1.82) is 0 Å². The second kappa shape index (κ2) is 22.1. The van der Waals surface area contributed by atoms with E-state index in [1.165, 1.54) is 0 Å². The zero-order chi connectivity index (χ0) is 38.2. The minimum absolute atomic E-state index is 0.0139. The molecule has 280 valence electrons. The van der Waals surface area contributed by atoms with E-state index in [2.05, 4.69) is 49.4 Å². The third-order valence-corrected chi connectivity index (χ3v) is 9.59. The molecule has 4 N–H and O–H groups in total. The van der Waals surface area contributed by atoms with Gasteiger partial charge < -0.3 is 30.3 Å². The van der Waals surface area contributed by atoms with Gasteiger partial charge in [-0.3, -0.25) is 9.59 Å². The van der Waals surface area contributed by atoms with Crippen LogP contribution < -0.4 is 20.1 Å². The molecule has 0 radical (unpaired) electrons. The predicted molar refractivity (Wildman–Crippen MR) is 214 cm³/mol. The van der Waals surface area contributed by atoms with Crippen LogP contribution in [-0.4, -0.2) is 35.2 Å². The molecule has 0 aliphatic heterocycles. The lowest BCUT2D eigenvalue weighted by atomic mass is 10.1. The average Bonchev–Trinajstić information content (AvgIpc) is 3.09. The molecule has 4 rings (SSSR count). The molecule has 14 heteroatoms. The quantitative estimate of drug-likeness (QED) is 0.0780. The molecule has 8 nitrogen and oxygen atoms in total. The molecule has 4 aromatic rings. The first-order valence-corrected chi connectivity index (χ1v) is 19.2. The molecular formula is C38H40Br2Cl3FN2O6. The fourth-order valence-electron chi connectivity index (χ4n) is 4.77. The largest absolute Gasteiger partial charge is 0.486 e.